The van der Waals surface area contributed by atoms with E-state index in [9.17, 15) is 14.0 Å². The molecule has 3 heterocycles. The second-order valence-electron chi connectivity index (χ2n) is 7.02. The standard InChI is InChI=1S/C19H23FN4O3S/c1-12(2)7-15(22-17(25)13-8-14(20)10-21-9-13)18-23-16(11-28-18)19(26)24-3-5-27-6-4-24/h8-12,15H,3-7H2,1-2H3,(H,22,25)/t15-/m0/s1. The number of pyridine rings is 1. The van der Waals surface area contributed by atoms with E-state index in [4.69, 9.17) is 4.74 Å². The van der Waals surface area contributed by atoms with Crippen LogP contribution in [0.1, 0.15) is 52.2 Å². The number of halogens is 1. The molecule has 0 aromatic carbocycles. The maximum atomic E-state index is 13.4. The van der Waals surface area contributed by atoms with Crippen molar-refractivity contribution in [2.24, 2.45) is 5.92 Å². The molecule has 1 N–H and O–H groups in total. The maximum Gasteiger partial charge on any atom is 0.273 e. The Morgan fingerprint density at radius 3 is 2.75 bits per heavy atom. The molecule has 1 fully saturated rings. The molecule has 0 bridgehead atoms. The minimum Gasteiger partial charge on any atom is -0.378 e. The Balaban J connectivity index is 1.75. The average molecular weight is 406 g/mol. The smallest absolute Gasteiger partial charge is 0.273 e. The van der Waals surface area contributed by atoms with Crippen LogP contribution in [0, 0.1) is 11.7 Å². The number of thiazole rings is 1. The number of carbonyl (C=O) groups excluding carboxylic acids is 2. The Kier molecular flexibility index (Phi) is 6.69. The van der Waals surface area contributed by atoms with Gasteiger partial charge in [-0.25, -0.2) is 9.37 Å². The number of carbonyl (C=O) groups is 2. The molecule has 2 amide bonds. The summed E-state index contributed by atoms with van der Waals surface area (Å²) in [5.74, 6) is -0.831. The van der Waals surface area contributed by atoms with E-state index in [2.05, 4.69) is 15.3 Å². The van der Waals surface area contributed by atoms with E-state index in [0.29, 0.717) is 49.3 Å². The minimum atomic E-state index is -0.569. The fourth-order valence-electron chi connectivity index (χ4n) is 2.94. The molecule has 1 atom stereocenters. The van der Waals surface area contributed by atoms with Crippen LogP contribution >= 0.6 is 11.3 Å². The van der Waals surface area contributed by atoms with Crippen LogP contribution in [0.5, 0.6) is 0 Å². The highest BCUT2D eigenvalue weighted by Gasteiger charge is 2.25. The second-order valence-corrected chi connectivity index (χ2v) is 7.91. The number of nitrogens with one attached hydrogen (secondary N) is 1. The number of morpholine rings is 1. The van der Waals surface area contributed by atoms with E-state index in [1.807, 2.05) is 13.8 Å². The first-order valence-corrected chi connectivity index (χ1v) is 10.1. The zero-order valence-electron chi connectivity index (χ0n) is 15.9. The number of aromatic nitrogens is 2. The van der Waals surface area contributed by atoms with Gasteiger partial charge < -0.3 is 15.0 Å². The SMILES string of the molecule is CC(C)C[C@H](NC(=O)c1cncc(F)c1)c1nc(C(=O)N2CCOCC2)cs1. The molecule has 0 aliphatic carbocycles. The summed E-state index contributed by atoms with van der Waals surface area (Å²) in [6.45, 7) is 6.22. The molecule has 1 aliphatic rings. The van der Waals surface area contributed by atoms with Crippen LogP contribution in [-0.2, 0) is 4.74 Å². The Morgan fingerprint density at radius 1 is 1.32 bits per heavy atom. The summed E-state index contributed by atoms with van der Waals surface area (Å²) < 4.78 is 18.6. The minimum absolute atomic E-state index is 0.130. The first kappa shape index (κ1) is 20.3. The molecule has 2 aromatic rings. The lowest BCUT2D eigenvalue weighted by Gasteiger charge is -2.26. The number of rotatable bonds is 6. The lowest BCUT2D eigenvalue weighted by molar-refractivity contribution is 0.0299. The van der Waals surface area contributed by atoms with Gasteiger partial charge in [0.2, 0.25) is 0 Å². The third-order valence-corrected chi connectivity index (χ3v) is 5.28. The molecule has 0 spiro atoms. The molecular formula is C19H23FN4O3S. The van der Waals surface area contributed by atoms with Gasteiger partial charge in [-0.05, 0) is 18.4 Å². The number of amides is 2. The highest BCUT2D eigenvalue weighted by Crippen LogP contribution is 2.26. The highest BCUT2D eigenvalue weighted by atomic mass is 32.1. The van der Waals surface area contributed by atoms with Gasteiger partial charge in [0, 0.05) is 24.7 Å². The first-order chi connectivity index (χ1) is 13.4. The molecule has 28 heavy (non-hydrogen) atoms. The molecule has 1 saturated heterocycles. The normalized spacial score (nSPS) is 15.5. The predicted octanol–water partition coefficient (Wildman–Crippen LogP) is 2.67. The largest absolute Gasteiger partial charge is 0.378 e. The summed E-state index contributed by atoms with van der Waals surface area (Å²) in [7, 11) is 0. The van der Waals surface area contributed by atoms with E-state index in [1.54, 1.807) is 10.3 Å². The molecule has 0 unspecified atom stereocenters. The predicted molar refractivity (Wildman–Crippen MR) is 103 cm³/mol. The molecule has 150 valence electrons. The van der Waals surface area contributed by atoms with E-state index in [1.165, 1.54) is 17.5 Å². The van der Waals surface area contributed by atoms with Gasteiger partial charge in [-0.15, -0.1) is 11.3 Å². The molecule has 7 nitrogen and oxygen atoms in total. The number of hydrogen-bond donors (Lipinski definition) is 1. The number of ether oxygens (including phenoxy) is 1. The van der Waals surface area contributed by atoms with E-state index < -0.39 is 11.7 Å². The summed E-state index contributed by atoms with van der Waals surface area (Å²) >= 11 is 1.34. The van der Waals surface area contributed by atoms with Crippen LogP contribution in [0.3, 0.4) is 0 Å². The lowest BCUT2D eigenvalue weighted by atomic mass is 10.0. The fourth-order valence-corrected chi connectivity index (χ4v) is 3.80. The van der Waals surface area contributed by atoms with Crippen molar-refractivity contribution < 1.29 is 18.7 Å². The summed E-state index contributed by atoms with van der Waals surface area (Å²) in [5, 5.41) is 5.27. The van der Waals surface area contributed by atoms with Gasteiger partial charge in [0.25, 0.3) is 11.8 Å². The molecule has 2 aromatic heterocycles. The van der Waals surface area contributed by atoms with Gasteiger partial charge in [0.15, 0.2) is 0 Å². The van der Waals surface area contributed by atoms with Gasteiger partial charge in [-0.2, -0.15) is 0 Å². The zero-order valence-corrected chi connectivity index (χ0v) is 16.7. The summed E-state index contributed by atoms with van der Waals surface area (Å²) in [6, 6.07) is 0.774. The number of hydrogen-bond acceptors (Lipinski definition) is 6. The summed E-state index contributed by atoms with van der Waals surface area (Å²) in [4.78, 5) is 35.1. The van der Waals surface area contributed by atoms with Crippen molar-refractivity contribution in [1.82, 2.24) is 20.2 Å². The van der Waals surface area contributed by atoms with Crippen LogP contribution in [0.25, 0.3) is 0 Å². The Bertz CT molecular complexity index is 836. The summed E-state index contributed by atoms with van der Waals surface area (Å²) in [5.41, 5.74) is 0.521. The van der Waals surface area contributed by atoms with Crippen molar-refractivity contribution in [3.8, 4) is 0 Å². The van der Waals surface area contributed by atoms with Gasteiger partial charge in [0.05, 0.1) is 31.0 Å². The third kappa shape index (κ3) is 5.11. The van der Waals surface area contributed by atoms with Gasteiger partial charge >= 0.3 is 0 Å². The average Bonchev–Trinajstić information content (AvgIpc) is 3.17. The van der Waals surface area contributed by atoms with Crippen molar-refractivity contribution in [3.63, 3.8) is 0 Å². The molecular weight excluding hydrogens is 383 g/mol. The highest BCUT2D eigenvalue weighted by molar-refractivity contribution is 7.09. The van der Waals surface area contributed by atoms with Gasteiger partial charge in [-0.1, -0.05) is 13.8 Å². The van der Waals surface area contributed by atoms with Crippen LogP contribution in [0.4, 0.5) is 4.39 Å². The third-order valence-electron chi connectivity index (χ3n) is 4.32. The Morgan fingerprint density at radius 2 is 2.07 bits per heavy atom. The molecule has 1 aliphatic heterocycles. The van der Waals surface area contributed by atoms with Gasteiger partial charge in [-0.3, -0.25) is 14.6 Å². The van der Waals surface area contributed by atoms with E-state index in [0.717, 1.165) is 12.3 Å². The van der Waals surface area contributed by atoms with Crippen molar-refractivity contribution >= 4 is 23.2 Å². The van der Waals surface area contributed by atoms with E-state index >= 15 is 0 Å². The van der Waals surface area contributed by atoms with Gasteiger partial charge in [0.1, 0.15) is 16.5 Å². The Labute approximate surface area is 166 Å². The molecule has 0 saturated carbocycles. The van der Waals surface area contributed by atoms with E-state index in [-0.39, 0.29) is 17.5 Å². The quantitative estimate of drug-likeness (QED) is 0.797. The molecule has 9 heteroatoms. The molecule has 0 radical (unpaired) electrons. The first-order valence-electron chi connectivity index (χ1n) is 9.18. The van der Waals surface area contributed by atoms with Crippen LogP contribution in [0.2, 0.25) is 0 Å². The van der Waals surface area contributed by atoms with Crippen molar-refractivity contribution in [2.45, 2.75) is 26.3 Å². The van der Waals surface area contributed by atoms with Crippen LogP contribution < -0.4 is 5.32 Å². The molecule has 3 rings (SSSR count). The Hall–Kier alpha value is -2.39. The van der Waals surface area contributed by atoms with Crippen molar-refractivity contribution in [3.05, 3.63) is 45.9 Å². The van der Waals surface area contributed by atoms with Crippen LogP contribution in [-0.4, -0.2) is 53.0 Å². The van der Waals surface area contributed by atoms with Crippen molar-refractivity contribution in [1.29, 1.82) is 0 Å². The maximum absolute atomic E-state index is 13.4. The zero-order chi connectivity index (χ0) is 20.1. The second kappa shape index (κ2) is 9.20. The van der Waals surface area contributed by atoms with Crippen LogP contribution in [0.15, 0.2) is 23.8 Å². The lowest BCUT2D eigenvalue weighted by Crippen LogP contribution is -2.40. The van der Waals surface area contributed by atoms with Crippen molar-refractivity contribution in [2.75, 3.05) is 26.3 Å². The topological polar surface area (TPSA) is 84.4 Å². The summed E-state index contributed by atoms with van der Waals surface area (Å²) in [6.07, 6.45) is 3.01. The number of nitrogens with zero attached hydrogens (tertiary/aromatic N) is 3. The monoisotopic (exact) mass is 406 g/mol. The fraction of sp³-hybridized carbons (Fsp3) is 0.474.